The summed E-state index contributed by atoms with van der Waals surface area (Å²) in [6.45, 7) is 1.16. The second-order valence-electron chi connectivity index (χ2n) is 5.32. The molecule has 1 atom stereocenters. The van der Waals surface area contributed by atoms with Crippen LogP contribution in [-0.2, 0) is 19.3 Å². The molecule has 92 valence electrons. The van der Waals surface area contributed by atoms with Gasteiger partial charge in [0.15, 0.2) is 0 Å². The maximum Gasteiger partial charge on any atom is 0.130 e. The standard InChI is InChI=1S/C14H21N3/c1-2-7-13-11(5-1)10-16-14(17-13)9-12-6-3-4-8-15-12/h10,12,15H,1-9H2. The maximum absolute atomic E-state index is 4.76. The van der Waals surface area contributed by atoms with E-state index >= 15 is 0 Å². The molecule has 1 aromatic rings. The summed E-state index contributed by atoms with van der Waals surface area (Å²) >= 11 is 0. The topological polar surface area (TPSA) is 37.8 Å². The second-order valence-corrected chi connectivity index (χ2v) is 5.32. The van der Waals surface area contributed by atoms with Gasteiger partial charge in [0.2, 0.25) is 0 Å². The van der Waals surface area contributed by atoms with Crippen LogP contribution in [0.5, 0.6) is 0 Å². The van der Waals surface area contributed by atoms with Crippen LogP contribution in [-0.4, -0.2) is 22.6 Å². The van der Waals surface area contributed by atoms with Gasteiger partial charge in [-0.1, -0.05) is 6.42 Å². The zero-order chi connectivity index (χ0) is 11.5. The van der Waals surface area contributed by atoms with Gasteiger partial charge in [-0.15, -0.1) is 0 Å². The molecule has 0 saturated carbocycles. The first-order valence-corrected chi connectivity index (χ1v) is 6.99. The van der Waals surface area contributed by atoms with Crippen LogP contribution < -0.4 is 5.32 Å². The number of rotatable bonds is 2. The van der Waals surface area contributed by atoms with Crippen molar-refractivity contribution in [3.8, 4) is 0 Å². The third kappa shape index (κ3) is 2.65. The lowest BCUT2D eigenvalue weighted by atomic mass is 9.97. The van der Waals surface area contributed by atoms with E-state index in [1.165, 1.54) is 49.8 Å². The van der Waals surface area contributed by atoms with E-state index in [4.69, 9.17) is 4.98 Å². The van der Waals surface area contributed by atoms with Gasteiger partial charge in [0.05, 0.1) is 0 Å². The van der Waals surface area contributed by atoms with Crippen molar-refractivity contribution in [1.29, 1.82) is 0 Å². The molecule has 1 aliphatic carbocycles. The fraction of sp³-hybridized carbons (Fsp3) is 0.714. The Morgan fingerprint density at radius 2 is 2.12 bits per heavy atom. The summed E-state index contributed by atoms with van der Waals surface area (Å²) < 4.78 is 0. The van der Waals surface area contributed by atoms with Gasteiger partial charge in [0.1, 0.15) is 5.82 Å². The van der Waals surface area contributed by atoms with Gasteiger partial charge >= 0.3 is 0 Å². The van der Waals surface area contributed by atoms with Gasteiger partial charge in [0, 0.05) is 24.4 Å². The lowest BCUT2D eigenvalue weighted by molar-refractivity contribution is 0.393. The van der Waals surface area contributed by atoms with Crippen molar-refractivity contribution in [2.45, 2.75) is 57.4 Å². The Hall–Kier alpha value is -0.960. The summed E-state index contributed by atoms with van der Waals surface area (Å²) in [5.41, 5.74) is 2.70. The first-order chi connectivity index (χ1) is 8.42. The highest BCUT2D eigenvalue weighted by Gasteiger charge is 2.16. The Kier molecular flexibility index (Phi) is 3.36. The van der Waals surface area contributed by atoms with E-state index in [1.54, 1.807) is 0 Å². The Morgan fingerprint density at radius 1 is 1.18 bits per heavy atom. The number of fused-ring (bicyclic) bond motifs is 1. The van der Waals surface area contributed by atoms with Crippen molar-refractivity contribution in [1.82, 2.24) is 15.3 Å². The van der Waals surface area contributed by atoms with Crippen LogP contribution in [0.1, 0.15) is 49.2 Å². The summed E-state index contributed by atoms with van der Waals surface area (Å²) in [4.78, 5) is 9.29. The molecule has 1 aromatic heterocycles. The third-order valence-corrected chi connectivity index (χ3v) is 3.96. The van der Waals surface area contributed by atoms with E-state index < -0.39 is 0 Å². The van der Waals surface area contributed by atoms with E-state index in [0.29, 0.717) is 6.04 Å². The molecule has 1 N–H and O–H groups in total. The number of nitrogens with zero attached hydrogens (tertiary/aromatic N) is 2. The molecule has 1 saturated heterocycles. The number of hydrogen-bond donors (Lipinski definition) is 1. The third-order valence-electron chi connectivity index (χ3n) is 3.96. The van der Waals surface area contributed by atoms with Crippen LogP contribution in [0.2, 0.25) is 0 Å². The molecule has 1 unspecified atom stereocenters. The fourth-order valence-corrected chi connectivity index (χ4v) is 2.93. The minimum Gasteiger partial charge on any atom is -0.314 e. The summed E-state index contributed by atoms with van der Waals surface area (Å²) in [7, 11) is 0. The first-order valence-electron chi connectivity index (χ1n) is 6.99. The van der Waals surface area contributed by atoms with E-state index in [0.717, 1.165) is 25.2 Å². The van der Waals surface area contributed by atoms with Gasteiger partial charge in [-0.05, 0) is 50.6 Å². The summed E-state index contributed by atoms with van der Waals surface area (Å²) in [5.74, 6) is 1.05. The largest absolute Gasteiger partial charge is 0.314 e. The second kappa shape index (κ2) is 5.13. The summed E-state index contributed by atoms with van der Waals surface area (Å²) in [6.07, 6.45) is 12.0. The van der Waals surface area contributed by atoms with E-state index in [9.17, 15) is 0 Å². The highest BCUT2D eigenvalue weighted by Crippen LogP contribution is 2.19. The van der Waals surface area contributed by atoms with Crippen molar-refractivity contribution in [2.24, 2.45) is 0 Å². The van der Waals surface area contributed by atoms with Gasteiger partial charge in [0.25, 0.3) is 0 Å². The molecule has 3 rings (SSSR count). The predicted molar refractivity (Wildman–Crippen MR) is 68.0 cm³/mol. The fourth-order valence-electron chi connectivity index (χ4n) is 2.93. The minimum atomic E-state index is 0.602. The molecule has 0 aromatic carbocycles. The highest BCUT2D eigenvalue weighted by atomic mass is 14.9. The smallest absolute Gasteiger partial charge is 0.130 e. The lowest BCUT2D eigenvalue weighted by Gasteiger charge is -2.23. The quantitative estimate of drug-likeness (QED) is 0.846. The van der Waals surface area contributed by atoms with Crippen molar-refractivity contribution >= 4 is 0 Å². The highest BCUT2D eigenvalue weighted by molar-refractivity contribution is 5.20. The Morgan fingerprint density at radius 3 is 3.00 bits per heavy atom. The molecule has 1 aliphatic heterocycles. The van der Waals surface area contributed by atoms with Crippen molar-refractivity contribution < 1.29 is 0 Å². The lowest BCUT2D eigenvalue weighted by Crippen LogP contribution is -2.36. The zero-order valence-corrected chi connectivity index (χ0v) is 10.4. The molecule has 2 aliphatic rings. The molecule has 0 bridgehead atoms. The Balaban J connectivity index is 1.70. The SMILES string of the molecule is c1nc(CC2CCCCN2)nc2c1CCCC2. The minimum absolute atomic E-state index is 0.602. The number of hydrogen-bond acceptors (Lipinski definition) is 3. The average molecular weight is 231 g/mol. The Bertz CT molecular complexity index is 383. The molecule has 0 spiro atoms. The first kappa shape index (κ1) is 11.1. The van der Waals surface area contributed by atoms with Crippen LogP contribution in [0.4, 0.5) is 0 Å². The number of nitrogens with one attached hydrogen (secondary N) is 1. The normalized spacial score (nSPS) is 24.4. The molecule has 17 heavy (non-hydrogen) atoms. The van der Waals surface area contributed by atoms with E-state index in [2.05, 4.69) is 16.5 Å². The predicted octanol–water partition coefficient (Wildman–Crippen LogP) is 2.04. The van der Waals surface area contributed by atoms with Crippen LogP contribution in [0.25, 0.3) is 0 Å². The Labute approximate surface area is 103 Å². The molecule has 0 radical (unpaired) electrons. The summed E-state index contributed by atoms with van der Waals surface area (Å²) in [6, 6.07) is 0.602. The van der Waals surface area contributed by atoms with Gasteiger partial charge < -0.3 is 5.32 Å². The molecular weight excluding hydrogens is 210 g/mol. The van der Waals surface area contributed by atoms with Crippen molar-refractivity contribution in [3.05, 3.63) is 23.3 Å². The monoisotopic (exact) mass is 231 g/mol. The number of aromatic nitrogens is 2. The summed E-state index contributed by atoms with van der Waals surface area (Å²) in [5, 5.41) is 3.57. The molecule has 3 nitrogen and oxygen atoms in total. The number of aryl methyl sites for hydroxylation is 2. The van der Waals surface area contributed by atoms with Gasteiger partial charge in [-0.2, -0.15) is 0 Å². The molecule has 2 heterocycles. The molecule has 3 heteroatoms. The van der Waals surface area contributed by atoms with Crippen LogP contribution >= 0.6 is 0 Å². The molecule has 0 amide bonds. The van der Waals surface area contributed by atoms with Gasteiger partial charge in [-0.3, -0.25) is 0 Å². The zero-order valence-electron chi connectivity index (χ0n) is 10.4. The maximum atomic E-state index is 4.76. The van der Waals surface area contributed by atoms with Crippen LogP contribution in [0, 0.1) is 0 Å². The molecule has 1 fully saturated rings. The van der Waals surface area contributed by atoms with Gasteiger partial charge in [-0.25, -0.2) is 9.97 Å². The van der Waals surface area contributed by atoms with Crippen molar-refractivity contribution in [2.75, 3.05) is 6.54 Å². The van der Waals surface area contributed by atoms with E-state index in [1.807, 2.05) is 0 Å². The molecular formula is C14H21N3. The average Bonchev–Trinajstić information content (AvgIpc) is 2.40. The van der Waals surface area contributed by atoms with Crippen molar-refractivity contribution in [3.63, 3.8) is 0 Å². The van der Waals surface area contributed by atoms with Crippen LogP contribution in [0.3, 0.4) is 0 Å². The van der Waals surface area contributed by atoms with E-state index in [-0.39, 0.29) is 0 Å². The number of piperidine rings is 1. The van der Waals surface area contributed by atoms with Crippen LogP contribution in [0.15, 0.2) is 6.20 Å².